The largest absolute Gasteiger partial charge is 0.365 e. The average molecular weight is 552 g/mol. The smallest absolute Gasteiger partial charge is 0.280 e. The van der Waals surface area contributed by atoms with E-state index in [4.69, 9.17) is 38.4 Å². The fourth-order valence-electron chi connectivity index (χ4n) is 4.35. The van der Waals surface area contributed by atoms with Crippen LogP contribution < -0.4 is 11.1 Å². The van der Waals surface area contributed by atoms with Gasteiger partial charge in [-0.05, 0) is 36.2 Å². The van der Waals surface area contributed by atoms with Crippen molar-refractivity contribution in [2.24, 2.45) is 5.73 Å². The molecule has 1 saturated heterocycles. The molecule has 38 heavy (non-hydrogen) atoms. The SMILES string of the molecule is NC(=O)C1(C(Cc2ccccc2)NC(=O)c2cccnc2-n2ccc(-c3cccc(Cl)c3Cl)n2)OCCO1. The van der Waals surface area contributed by atoms with Crippen molar-refractivity contribution >= 4 is 35.0 Å². The molecule has 2 aromatic carbocycles. The molecule has 1 atom stereocenters. The zero-order valence-corrected chi connectivity index (χ0v) is 21.5. The number of pyridine rings is 1. The lowest BCUT2D eigenvalue weighted by molar-refractivity contribution is -0.189. The molecule has 1 aliphatic rings. The van der Waals surface area contributed by atoms with E-state index in [1.54, 1.807) is 48.8 Å². The third-order valence-electron chi connectivity index (χ3n) is 6.17. The van der Waals surface area contributed by atoms with Crippen LogP contribution in [0, 0.1) is 0 Å². The van der Waals surface area contributed by atoms with Crippen LogP contribution in [-0.4, -0.2) is 51.6 Å². The minimum absolute atomic E-state index is 0.171. The number of hydrogen-bond donors (Lipinski definition) is 2. The maximum Gasteiger partial charge on any atom is 0.280 e. The summed E-state index contributed by atoms with van der Waals surface area (Å²) < 4.78 is 12.9. The molecule has 3 N–H and O–H groups in total. The molecule has 4 aromatic rings. The Morgan fingerprint density at radius 1 is 1.03 bits per heavy atom. The monoisotopic (exact) mass is 551 g/mol. The summed E-state index contributed by atoms with van der Waals surface area (Å²) in [5.74, 6) is -2.87. The Bertz CT molecular complexity index is 1470. The summed E-state index contributed by atoms with van der Waals surface area (Å²) in [5.41, 5.74) is 7.99. The number of carbonyl (C=O) groups is 2. The van der Waals surface area contributed by atoms with E-state index in [2.05, 4.69) is 15.4 Å². The van der Waals surface area contributed by atoms with Gasteiger partial charge in [0.25, 0.3) is 17.6 Å². The number of ether oxygens (including phenoxy) is 2. The number of primary amides is 1. The first-order valence-corrected chi connectivity index (χ1v) is 12.5. The van der Waals surface area contributed by atoms with Gasteiger partial charge in [-0.1, -0.05) is 65.7 Å². The quantitative estimate of drug-likeness (QED) is 0.343. The highest BCUT2D eigenvalue weighted by molar-refractivity contribution is 6.43. The van der Waals surface area contributed by atoms with Gasteiger partial charge in [-0.2, -0.15) is 5.10 Å². The zero-order chi connectivity index (χ0) is 26.7. The van der Waals surface area contributed by atoms with Gasteiger partial charge in [0.05, 0.1) is 40.6 Å². The first kappa shape index (κ1) is 25.9. The minimum atomic E-state index is -1.81. The fourth-order valence-corrected chi connectivity index (χ4v) is 4.75. The zero-order valence-electron chi connectivity index (χ0n) is 20.0. The highest BCUT2D eigenvalue weighted by Gasteiger charge is 2.51. The molecular weight excluding hydrogens is 529 g/mol. The molecule has 1 aliphatic heterocycles. The van der Waals surface area contributed by atoms with Gasteiger partial charge in [0, 0.05) is 18.0 Å². The second-order valence-corrected chi connectivity index (χ2v) is 9.35. The van der Waals surface area contributed by atoms with E-state index in [9.17, 15) is 9.59 Å². The summed E-state index contributed by atoms with van der Waals surface area (Å²) >= 11 is 12.5. The molecule has 194 valence electrons. The number of amides is 2. The molecule has 0 spiro atoms. The van der Waals surface area contributed by atoms with Crippen LogP contribution in [0.1, 0.15) is 15.9 Å². The highest BCUT2D eigenvalue weighted by Crippen LogP contribution is 2.33. The van der Waals surface area contributed by atoms with Crippen molar-refractivity contribution in [2.75, 3.05) is 13.2 Å². The van der Waals surface area contributed by atoms with Crippen LogP contribution >= 0.6 is 23.2 Å². The average Bonchev–Trinajstić information content (AvgIpc) is 3.62. The van der Waals surface area contributed by atoms with Crippen molar-refractivity contribution in [3.8, 4) is 17.1 Å². The fraction of sp³-hybridized carbons (Fsp3) is 0.185. The Morgan fingerprint density at radius 2 is 1.79 bits per heavy atom. The Hall–Kier alpha value is -3.76. The van der Waals surface area contributed by atoms with E-state index in [1.807, 2.05) is 30.3 Å². The molecule has 0 radical (unpaired) electrons. The molecule has 3 heterocycles. The number of aromatic nitrogens is 3. The number of benzene rings is 2. The summed E-state index contributed by atoms with van der Waals surface area (Å²) in [6.45, 7) is 0.342. The second-order valence-electron chi connectivity index (χ2n) is 8.57. The van der Waals surface area contributed by atoms with Crippen molar-refractivity contribution in [1.29, 1.82) is 0 Å². The molecule has 2 aromatic heterocycles. The predicted molar refractivity (Wildman–Crippen MR) is 142 cm³/mol. The molecule has 2 amide bonds. The van der Waals surface area contributed by atoms with Gasteiger partial charge in [-0.15, -0.1) is 0 Å². The predicted octanol–water partition coefficient (Wildman–Crippen LogP) is 3.81. The van der Waals surface area contributed by atoms with E-state index < -0.39 is 23.6 Å². The summed E-state index contributed by atoms with van der Waals surface area (Å²) in [4.78, 5) is 30.6. The van der Waals surface area contributed by atoms with E-state index in [1.165, 1.54) is 4.68 Å². The topological polar surface area (TPSA) is 121 Å². The van der Waals surface area contributed by atoms with Crippen LogP contribution in [0.2, 0.25) is 10.0 Å². The van der Waals surface area contributed by atoms with Gasteiger partial charge in [0.1, 0.15) is 0 Å². The van der Waals surface area contributed by atoms with Crippen LogP contribution in [0.25, 0.3) is 17.1 Å². The normalized spacial score (nSPS) is 15.2. The van der Waals surface area contributed by atoms with Crippen LogP contribution in [0.5, 0.6) is 0 Å². The summed E-state index contributed by atoms with van der Waals surface area (Å²) in [6, 6.07) is 18.7. The number of carbonyl (C=O) groups excluding carboxylic acids is 2. The molecule has 5 rings (SSSR count). The van der Waals surface area contributed by atoms with Gasteiger partial charge in [0.2, 0.25) is 0 Å². The van der Waals surface area contributed by atoms with Gasteiger partial charge in [-0.25, -0.2) is 9.67 Å². The Labute approximate surface area is 228 Å². The van der Waals surface area contributed by atoms with Gasteiger partial charge in [-0.3, -0.25) is 9.59 Å². The van der Waals surface area contributed by atoms with Crippen molar-refractivity contribution < 1.29 is 19.1 Å². The molecule has 0 saturated carbocycles. The lowest BCUT2D eigenvalue weighted by Crippen LogP contribution is -2.61. The summed E-state index contributed by atoms with van der Waals surface area (Å²) in [6.07, 6.45) is 3.46. The Kier molecular flexibility index (Phi) is 7.44. The number of hydrogen-bond acceptors (Lipinski definition) is 6. The molecule has 1 fully saturated rings. The molecule has 0 bridgehead atoms. The summed E-state index contributed by atoms with van der Waals surface area (Å²) in [5, 5.41) is 8.25. The number of rotatable bonds is 8. The first-order chi connectivity index (χ1) is 18.4. The number of nitrogens with zero attached hydrogens (tertiary/aromatic N) is 3. The minimum Gasteiger partial charge on any atom is -0.365 e. The van der Waals surface area contributed by atoms with Crippen molar-refractivity contribution in [3.05, 3.63) is 100 Å². The van der Waals surface area contributed by atoms with Crippen molar-refractivity contribution in [1.82, 2.24) is 20.1 Å². The lowest BCUT2D eigenvalue weighted by Gasteiger charge is -2.33. The van der Waals surface area contributed by atoms with Gasteiger partial charge >= 0.3 is 0 Å². The standard InChI is InChI=1S/C27H23Cl2N5O4/c28-20-10-4-8-18(23(20)29)21-11-13-34(33-21)24-19(9-5-12-31-24)25(35)32-22(16-17-6-2-1-3-7-17)27(26(30)36)37-14-15-38-27/h1-13,22H,14-16H2,(H2,30,36)(H,32,35). The lowest BCUT2D eigenvalue weighted by atomic mass is 9.97. The van der Waals surface area contributed by atoms with Crippen LogP contribution in [0.3, 0.4) is 0 Å². The highest BCUT2D eigenvalue weighted by atomic mass is 35.5. The maximum absolute atomic E-state index is 13.6. The summed E-state index contributed by atoms with van der Waals surface area (Å²) in [7, 11) is 0. The second kappa shape index (κ2) is 10.9. The first-order valence-electron chi connectivity index (χ1n) is 11.8. The van der Waals surface area contributed by atoms with E-state index >= 15 is 0 Å². The van der Waals surface area contributed by atoms with Crippen LogP contribution in [0.4, 0.5) is 0 Å². The van der Waals surface area contributed by atoms with Crippen LogP contribution in [0.15, 0.2) is 79.1 Å². The van der Waals surface area contributed by atoms with Gasteiger partial charge in [0.15, 0.2) is 5.82 Å². The molecule has 9 nitrogen and oxygen atoms in total. The van der Waals surface area contributed by atoms with E-state index in [0.717, 1.165) is 5.56 Å². The third kappa shape index (κ3) is 5.01. The Balaban J connectivity index is 1.47. The molecule has 1 unspecified atom stereocenters. The number of nitrogens with one attached hydrogen (secondary N) is 1. The van der Waals surface area contributed by atoms with E-state index in [-0.39, 0.29) is 31.0 Å². The van der Waals surface area contributed by atoms with E-state index in [0.29, 0.717) is 21.3 Å². The Morgan fingerprint density at radius 3 is 2.53 bits per heavy atom. The van der Waals surface area contributed by atoms with Crippen molar-refractivity contribution in [3.63, 3.8) is 0 Å². The molecular formula is C27H23Cl2N5O4. The van der Waals surface area contributed by atoms with Crippen molar-refractivity contribution in [2.45, 2.75) is 18.2 Å². The third-order valence-corrected chi connectivity index (χ3v) is 6.99. The number of halogens is 2. The molecule has 11 heteroatoms. The van der Waals surface area contributed by atoms with Crippen LogP contribution in [-0.2, 0) is 20.7 Å². The van der Waals surface area contributed by atoms with Gasteiger partial charge < -0.3 is 20.5 Å². The maximum atomic E-state index is 13.6. The number of nitrogens with two attached hydrogens (primary N) is 1. The molecule has 0 aliphatic carbocycles.